The van der Waals surface area contributed by atoms with Gasteiger partial charge in [0.2, 0.25) is 22.8 Å². The normalized spacial score (nSPS) is 15.7. The number of rotatable bonds is 8. The quantitative estimate of drug-likeness (QED) is 0.133. The largest absolute Gasteiger partial charge is 0.553 e. The Morgan fingerprint density at radius 2 is 0.696 bits per heavy atom. The van der Waals surface area contributed by atoms with Crippen molar-refractivity contribution in [1.82, 2.24) is 25.1 Å². The van der Waals surface area contributed by atoms with Crippen molar-refractivity contribution in [1.29, 1.82) is 0 Å². The van der Waals surface area contributed by atoms with E-state index in [0.29, 0.717) is 18.1 Å². The fourth-order valence-corrected chi connectivity index (χ4v) is 9.33. The maximum atomic E-state index is 3.03. The van der Waals surface area contributed by atoms with Gasteiger partial charge < -0.3 is 16.0 Å². The van der Waals surface area contributed by atoms with Crippen molar-refractivity contribution in [2.24, 2.45) is 5.92 Å². The fourth-order valence-electron chi connectivity index (χ4n) is 9.33. The lowest BCUT2D eigenvalue weighted by atomic mass is 9.93. The van der Waals surface area contributed by atoms with Crippen LogP contribution in [0.3, 0.4) is 0 Å². The Bertz CT molecular complexity index is 2890. The van der Waals surface area contributed by atoms with Crippen LogP contribution in [0, 0.1) is 5.92 Å². The lowest BCUT2D eigenvalue weighted by Crippen LogP contribution is -2.71. The molecular formula is C62H73N7+2. The van der Waals surface area contributed by atoms with Crippen molar-refractivity contribution >= 4 is 33.7 Å². The van der Waals surface area contributed by atoms with Crippen molar-refractivity contribution in [3.8, 4) is 0 Å². The Morgan fingerprint density at radius 1 is 0.406 bits per heavy atom. The minimum Gasteiger partial charge on any atom is -0.318 e. The Labute approximate surface area is 411 Å². The summed E-state index contributed by atoms with van der Waals surface area (Å²) in [5.41, 5.74) is 17.1. The first-order valence-electron chi connectivity index (χ1n) is 25.1. The average molecular weight is 916 g/mol. The van der Waals surface area contributed by atoms with Gasteiger partial charge in [-0.25, -0.2) is 0 Å². The van der Waals surface area contributed by atoms with Gasteiger partial charge in [0.15, 0.2) is 0 Å². The van der Waals surface area contributed by atoms with Gasteiger partial charge in [0.1, 0.15) is 0 Å². The maximum Gasteiger partial charge on any atom is 0.553 e. The number of nitrogens with one attached hydrogen (secondary N) is 3. The average Bonchev–Trinajstić information content (AvgIpc) is 4.22. The maximum absolute atomic E-state index is 3.03. The van der Waals surface area contributed by atoms with E-state index >= 15 is 0 Å². The zero-order valence-electron chi connectivity index (χ0n) is 43.0. The minimum atomic E-state index is -0.752. The molecule has 0 saturated heterocycles. The van der Waals surface area contributed by atoms with E-state index in [1.54, 1.807) is 0 Å². The summed E-state index contributed by atoms with van der Waals surface area (Å²) in [5, 5.41) is 11.5. The molecule has 8 heterocycles. The van der Waals surface area contributed by atoms with E-state index in [1.807, 2.05) is 21.1 Å². The second-order valence-electron chi connectivity index (χ2n) is 19.5. The summed E-state index contributed by atoms with van der Waals surface area (Å²) in [6.07, 6.45) is 10.7. The molecule has 3 N–H and O–H groups in total. The predicted octanol–water partition coefficient (Wildman–Crippen LogP) is 10.3. The van der Waals surface area contributed by atoms with Crippen LogP contribution in [0.1, 0.15) is 102 Å². The Kier molecular flexibility index (Phi) is 14.8. The molecule has 12 rings (SSSR count). The van der Waals surface area contributed by atoms with E-state index in [9.17, 15) is 0 Å². The first-order chi connectivity index (χ1) is 33.4. The van der Waals surface area contributed by atoms with Gasteiger partial charge >= 0.3 is 5.91 Å². The van der Waals surface area contributed by atoms with Gasteiger partial charge in [-0.15, -0.1) is 0 Å². The van der Waals surface area contributed by atoms with Crippen LogP contribution in [0.25, 0.3) is 22.3 Å². The van der Waals surface area contributed by atoms with E-state index in [2.05, 4.69) is 266 Å². The van der Waals surface area contributed by atoms with Crippen LogP contribution in [0.5, 0.6) is 0 Å². The van der Waals surface area contributed by atoms with Gasteiger partial charge in [0, 0.05) is 42.4 Å². The third kappa shape index (κ3) is 8.73. The van der Waals surface area contributed by atoms with Crippen LogP contribution in [0.2, 0.25) is 0 Å². The number of nitrogens with zero attached hydrogens (tertiary/aromatic N) is 4. The molecule has 0 saturated carbocycles. The molecule has 7 nitrogen and oxygen atoms in total. The summed E-state index contributed by atoms with van der Waals surface area (Å²) in [6.45, 7) is 19.3. The second kappa shape index (κ2) is 20.9. The van der Waals surface area contributed by atoms with E-state index in [4.69, 9.17) is 0 Å². The highest BCUT2D eigenvalue weighted by Gasteiger charge is 2.72. The molecule has 69 heavy (non-hydrogen) atoms. The number of hydrogen-bond donors (Lipinski definition) is 3. The number of benzene rings is 4. The zero-order chi connectivity index (χ0) is 49.0. The van der Waals surface area contributed by atoms with Crippen LogP contribution in [-0.4, -0.2) is 69.0 Å². The molecule has 6 aliphatic rings. The molecule has 1 spiro atoms. The van der Waals surface area contributed by atoms with Crippen molar-refractivity contribution in [3.63, 3.8) is 0 Å². The molecule has 7 heteroatoms. The highest BCUT2D eigenvalue weighted by Crippen LogP contribution is 2.52. The summed E-state index contributed by atoms with van der Waals surface area (Å²) in [5.74, 6) is 0.132. The van der Waals surface area contributed by atoms with Crippen molar-refractivity contribution in [2.75, 3.05) is 21.1 Å². The summed E-state index contributed by atoms with van der Waals surface area (Å²) >= 11 is 0. The van der Waals surface area contributed by atoms with Crippen LogP contribution < -0.4 is 26.6 Å². The summed E-state index contributed by atoms with van der Waals surface area (Å²) in [6, 6.07) is 55.0. The Balaban J connectivity index is 0.000000274. The fraction of sp³-hybridized carbons (Fsp3) is 0.290. The standard InChI is InChI=1S/C45H28N4.C5H12.3C4H11N/c1-5-13-29(14-6-1)41-33-21-23-35-42(30-15-7-2-8-16-30)37-25-27-39-44(32-19-11-4-12-20-32)40-28-26-38-43(31-17-9-3-10-18-31)36-24-22-34(41)47(36)45(46(33)35,48(37)39)49(38)40;1-4-5(2)3;3*1-4(2)5-3/h1-28H;5H,4H2,1-3H3;3*4-5H,1-3H3/q+2;;;;. The monoisotopic (exact) mass is 916 g/mol. The van der Waals surface area contributed by atoms with Gasteiger partial charge in [0.25, 0.3) is 0 Å². The highest BCUT2D eigenvalue weighted by atomic mass is 15.6. The first-order valence-corrected chi connectivity index (χ1v) is 25.1. The molecule has 6 aliphatic heterocycles. The summed E-state index contributed by atoms with van der Waals surface area (Å²) in [4.78, 5) is 0. The lowest BCUT2D eigenvalue weighted by molar-refractivity contribution is -0.834. The van der Waals surface area contributed by atoms with E-state index < -0.39 is 5.91 Å². The molecule has 354 valence electrons. The molecule has 0 amide bonds. The molecular weight excluding hydrogens is 843 g/mol. The minimum absolute atomic E-state index is 0.634. The molecule has 4 aromatic carbocycles. The van der Waals surface area contributed by atoms with Gasteiger partial charge in [0.05, 0.1) is 44.4 Å². The third-order valence-corrected chi connectivity index (χ3v) is 13.6. The van der Waals surface area contributed by atoms with Gasteiger partial charge in [-0.3, -0.25) is 0 Å². The molecule has 0 radical (unpaired) electrons. The van der Waals surface area contributed by atoms with E-state index in [0.717, 1.165) is 5.92 Å². The molecule has 0 aliphatic carbocycles. The lowest BCUT2D eigenvalue weighted by Gasteiger charge is -2.41. The van der Waals surface area contributed by atoms with Crippen molar-refractivity contribution in [2.45, 2.75) is 92.8 Å². The Morgan fingerprint density at radius 3 is 0.971 bits per heavy atom. The van der Waals surface area contributed by atoms with E-state index in [1.165, 1.54) is 95.9 Å². The number of allylic oxidation sites excluding steroid dienone is 4. The summed E-state index contributed by atoms with van der Waals surface area (Å²) < 4.78 is 10.6. The molecule has 6 aromatic rings. The Hall–Kier alpha value is -6.64. The van der Waals surface area contributed by atoms with Crippen LogP contribution >= 0.6 is 0 Å². The van der Waals surface area contributed by atoms with Crippen LogP contribution in [-0.2, 0) is 5.91 Å². The van der Waals surface area contributed by atoms with Gasteiger partial charge in [-0.05, 0) is 73.6 Å². The first kappa shape index (κ1) is 48.8. The topological polar surface area (TPSA) is 52.0 Å². The molecule has 0 fully saturated rings. The van der Waals surface area contributed by atoms with E-state index in [-0.39, 0.29) is 0 Å². The summed E-state index contributed by atoms with van der Waals surface area (Å²) in [7, 11) is 5.85. The van der Waals surface area contributed by atoms with Gasteiger partial charge in [-0.2, -0.15) is 9.13 Å². The molecule has 0 unspecified atom stereocenters. The predicted molar refractivity (Wildman–Crippen MR) is 291 cm³/mol. The van der Waals surface area contributed by atoms with Crippen LogP contribution in [0.4, 0.5) is 0 Å². The SMILES string of the molecule is C1=CC2=[N+]3C1=C(c1ccccc1)c1ccc4n1C31n3c(ccc3=C(c3ccccc3)C3=[N+]1C(=C4c1ccccc1)C=C3)=C2c1ccccc1.CCC(C)C.CNC(C)C.CNC(C)C.CNC(C)C. The number of hydrogen-bond acceptors (Lipinski definition) is 3. The van der Waals surface area contributed by atoms with Crippen LogP contribution in [0.15, 0.2) is 181 Å². The van der Waals surface area contributed by atoms with Crippen molar-refractivity contribution < 1.29 is 9.15 Å². The second-order valence-corrected chi connectivity index (χ2v) is 19.5. The highest BCUT2D eigenvalue weighted by molar-refractivity contribution is 6.29. The van der Waals surface area contributed by atoms with Gasteiger partial charge in [-0.1, -0.05) is 199 Å². The zero-order valence-corrected chi connectivity index (χ0v) is 43.0. The molecule has 2 aromatic heterocycles. The van der Waals surface area contributed by atoms with Crippen molar-refractivity contribution in [3.05, 3.63) is 226 Å². The third-order valence-electron chi connectivity index (χ3n) is 13.6. The molecule has 0 bridgehead atoms. The molecule has 0 atom stereocenters. The smallest absolute Gasteiger partial charge is 0.318 e. The number of aromatic nitrogens is 2.